The smallest absolute Gasteiger partial charge is 0.343 e. The van der Waals surface area contributed by atoms with E-state index >= 15 is 0 Å². The first-order chi connectivity index (χ1) is 9.60. The maximum absolute atomic E-state index is 11.7. The molecule has 1 aromatic rings. The third kappa shape index (κ3) is 4.87. The number of hydrogen-bond acceptors (Lipinski definition) is 6. The number of nitrogens with one attached hydrogen (secondary N) is 1. The molecule has 1 amide bonds. The number of amides is 1. The van der Waals surface area contributed by atoms with Gasteiger partial charge in [-0.15, -0.1) is 0 Å². The molecule has 1 atom stereocenters. The second-order valence-corrected chi connectivity index (χ2v) is 3.84. The zero-order valence-electron chi connectivity index (χ0n) is 11.4. The maximum Gasteiger partial charge on any atom is 0.343 e. The van der Waals surface area contributed by atoms with E-state index in [0.717, 1.165) is 0 Å². The van der Waals surface area contributed by atoms with Crippen molar-refractivity contribution in [2.24, 2.45) is 5.73 Å². The summed E-state index contributed by atoms with van der Waals surface area (Å²) in [6, 6.07) is 6.55. The van der Waals surface area contributed by atoms with Gasteiger partial charge in [0.2, 0.25) is 0 Å². The predicted octanol–water partition coefficient (Wildman–Crippen LogP) is 0.151. The molecule has 110 valence electrons. The maximum atomic E-state index is 11.7. The molecule has 0 aliphatic heterocycles. The summed E-state index contributed by atoms with van der Waals surface area (Å²) in [6.45, 7) is -0.0657. The molecule has 7 heteroatoms. The van der Waals surface area contributed by atoms with Crippen molar-refractivity contribution in [3.05, 3.63) is 24.3 Å². The first kappa shape index (κ1) is 15.9. The summed E-state index contributed by atoms with van der Waals surface area (Å²) in [6.07, 6.45) is -0.690. The monoisotopic (exact) mass is 282 g/mol. The normalized spacial score (nSPS) is 11.6. The highest BCUT2D eigenvalue weighted by molar-refractivity contribution is 5.94. The van der Waals surface area contributed by atoms with Crippen LogP contribution >= 0.6 is 0 Å². The van der Waals surface area contributed by atoms with Gasteiger partial charge in [0.15, 0.2) is 6.61 Å². The molecule has 20 heavy (non-hydrogen) atoms. The van der Waals surface area contributed by atoms with Gasteiger partial charge in [-0.25, -0.2) is 4.79 Å². The molecule has 3 N–H and O–H groups in total. The summed E-state index contributed by atoms with van der Waals surface area (Å²) < 4.78 is 14.6. The summed E-state index contributed by atoms with van der Waals surface area (Å²) in [5, 5.41) is 2.66. The SMILES string of the molecule is COC(=O)COc1ccc(NC(=O)C(CN)OC)cc1. The summed E-state index contributed by atoms with van der Waals surface area (Å²) >= 11 is 0. The van der Waals surface area contributed by atoms with Crippen molar-refractivity contribution >= 4 is 17.6 Å². The van der Waals surface area contributed by atoms with Crippen molar-refractivity contribution in [3.63, 3.8) is 0 Å². The Labute approximate surface area is 117 Å². The van der Waals surface area contributed by atoms with Crippen molar-refractivity contribution in [3.8, 4) is 5.75 Å². The van der Waals surface area contributed by atoms with Crippen LogP contribution in [0.15, 0.2) is 24.3 Å². The number of anilines is 1. The lowest BCUT2D eigenvalue weighted by molar-refractivity contribution is -0.142. The van der Waals surface area contributed by atoms with Crippen LogP contribution in [0.5, 0.6) is 5.75 Å². The predicted molar refractivity (Wildman–Crippen MR) is 72.4 cm³/mol. The second kappa shape index (κ2) is 8.13. The molecule has 0 aromatic heterocycles. The zero-order chi connectivity index (χ0) is 15.0. The van der Waals surface area contributed by atoms with Crippen LogP contribution in [0, 0.1) is 0 Å². The van der Waals surface area contributed by atoms with E-state index in [4.69, 9.17) is 15.2 Å². The van der Waals surface area contributed by atoms with E-state index in [-0.39, 0.29) is 19.1 Å². The molecule has 1 rings (SSSR count). The van der Waals surface area contributed by atoms with Gasteiger partial charge in [-0.3, -0.25) is 4.79 Å². The Morgan fingerprint density at radius 1 is 1.25 bits per heavy atom. The molecule has 0 radical (unpaired) electrons. The van der Waals surface area contributed by atoms with E-state index in [1.54, 1.807) is 24.3 Å². The lowest BCUT2D eigenvalue weighted by atomic mass is 10.2. The first-order valence-corrected chi connectivity index (χ1v) is 5.94. The van der Waals surface area contributed by atoms with E-state index in [9.17, 15) is 9.59 Å². The minimum atomic E-state index is -0.690. The van der Waals surface area contributed by atoms with Crippen LogP contribution in [-0.2, 0) is 19.1 Å². The van der Waals surface area contributed by atoms with E-state index in [1.807, 2.05) is 0 Å². The number of rotatable bonds is 7. The number of carbonyl (C=O) groups is 2. The molecular formula is C13H18N2O5. The van der Waals surface area contributed by atoms with Gasteiger partial charge in [0.05, 0.1) is 7.11 Å². The first-order valence-electron chi connectivity index (χ1n) is 5.94. The van der Waals surface area contributed by atoms with Gasteiger partial charge in [0.25, 0.3) is 5.91 Å². The molecule has 0 bridgehead atoms. The lowest BCUT2D eigenvalue weighted by Crippen LogP contribution is -2.35. The van der Waals surface area contributed by atoms with Gasteiger partial charge in [0.1, 0.15) is 11.9 Å². The molecule has 0 aliphatic carbocycles. The lowest BCUT2D eigenvalue weighted by Gasteiger charge is -2.13. The number of carbonyl (C=O) groups excluding carboxylic acids is 2. The van der Waals surface area contributed by atoms with Crippen LogP contribution in [0.3, 0.4) is 0 Å². The molecule has 1 unspecified atom stereocenters. The molecule has 0 spiro atoms. The Morgan fingerprint density at radius 3 is 2.40 bits per heavy atom. The van der Waals surface area contributed by atoms with Gasteiger partial charge >= 0.3 is 5.97 Å². The molecule has 7 nitrogen and oxygen atoms in total. The quantitative estimate of drug-likeness (QED) is 0.691. The molecular weight excluding hydrogens is 264 g/mol. The Bertz CT molecular complexity index is 443. The van der Waals surface area contributed by atoms with E-state index in [0.29, 0.717) is 11.4 Å². The van der Waals surface area contributed by atoms with E-state index in [1.165, 1.54) is 14.2 Å². The van der Waals surface area contributed by atoms with Crippen molar-refractivity contribution in [2.45, 2.75) is 6.10 Å². The van der Waals surface area contributed by atoms with Crippen molar-refractivity contribution < 1.29 is 23.8 Å². The van der Waals surface area contributed by atoms with Crippen LogP contribution in [-0.4, -0.2) is 45.4 Å². The number of nitrogens with two attached hydrogens (primary N) is 1. The Morgan fingerprint density at radius 2 is 1.90 bits per heavy atom. The molecule has 0 heterocycles. The van der Waals surface area contributed by atoms with Gasteiger partial charge in [-0.1, -0.05) is 0 Å². The van der Waals surface area contributed by atoms with Gasteiger partial charge < -0.3 is 25.3 Å². The standard InChI is InChI=1S/C13H18N2O5/c1-18-11(7-14)13(17)15-9-3-5-10(6-4-9)20-8-12(16)19-2/h3-6,11H,7-8,14H2,1-2H3,(H,15,17). The Hall–Kier alpha value is -2.12. The molecule has 0 fully saturated rings. The van der Waals surface area contributed by atoms with Crippen LogP contribution in [0.4, 0.5) is 5.69 Å². The molecule has 1 aromatic carbocycles. The Kier molecular flexibility index (Phi) is 6.48. The minimum Gasteiger partial charge on any atom is -0.482 e. The number of esters is 1. The Balaban J connectivity index is 2.54. The van der Waals surface area contributed by atoms with Gasteiger partial charge in [-0.2, -0.15) is 0 Å². The summed E-state index contributed by atoms with van der Waals surface area (Å²) in [7, 11) is 2.70. The molecule has 0 saturated heterocycles. The van der Waals surface area contributed by atoms with E-state index < -0.39 is 12.1 Å². The highest BCUT2D eigenvalue weighted by Crippen LogP contribution is 2.16. The van der Waals surface area contributed by atoms with Crippen LogP contribution < -0.4 is 15.8 Å². The largest absolute Gasteiger partial charge is 0.482 e. The summed E-state index contributed by atoms with van der Waals surface area (Å²) in [5.41, 5.74) is 5.97. The third-order valence-corrected chi connectivity index (χ3v) is 2.50. The molecule has 0 saturated carbocycles. The zero-order valence-corrected chi connectivity index (χ0v) is 11.4. The van der Waals surface area contributed by atoms with Gasteiger partial charge in [-0.05, 0) is 24.3 Å². The highest BCUT2D eigenvalue weighted by Gasteiger charge is 2.15. The average Bonchev–Trinajstić information content (AvgIpc) is 2.47. The van der Waals surface area contributed by atoms with Crippen molar-refractivity contribution in [1.29, 1.82) is 0 Å². The van der Waals surface area contributed by atoms with Crippen molar-refractivity contribution in [2.75, 3.05) is 32.7 Å². The van der Waals surface area contributed by atoms with E-state index in [2.05, 4.69) is 10.1 Å². The van der Waals surface area contributed by atoms with Crippen LogP contribution in [0.1, 0.15) is 0 Å². The molecule has 0 aliphatic rings. The number of ether oxygens (including phenoxy) is 3. The fourth-order valence-corrected chi connectivity index (χ4v) is 1.37. The number of benzene rings is 1. The van der Waals surface area contributed by atoms with Crippen molar-refractivity contribution in [1.82, 2.24) is 0 Å². The third-order valence-electron chi connectivity index (χ3n) is 2.50. The summed E-state index contributed by atoms with van der Waals surface area (Å²) in [4.78, 5) is 22.6. The summed E-state index contributed by atoms with van der Waals surface area (Å²) in [5.74, 6) is -0.290. The second-order valence-electron chi connectivity index (χ2n) is 3.84. The average molecular weight is 282 g/mol. The fourth-order valence-electron chi connectivity index (χ4n) is 1.37. The highest BCUT2D eigenvalue weighted by atomic mass is 16.6. The topological polar surface area (TPSA) is 99.9 Å². The van der Waals surface area contributed by atoms with Crippen LogP contribution in [0.2, 0.25) is 0 Å². The van der Waals surface area contributed by atoms with Crippen LogP contribution in [0.25, 0.3) is 0 Å². The fraction of sp³-hybridized carbons (Fsp3) is 0.385. The minimum absolute atomic E-state index is 0.0999. The number of methoxy groups -OCH3 is 2. The van der Waals surface area contributed by atoms with Gasteiger partial charge in [0, 0.05) is 19.3 Å². The number of hydrogen-bond donors (Lipinski definition) is 2.